The van der Waals surface area contributed by atoms with E-state index in [1.54, 1.807) is 10.3 Å². The molecule has 0 atom stereocenters. The quantitative estimate of drug-likeness (QED) is 0.0511. The van der Waals surface area contributed by atoms with Gasteiger partial charge in [-0.15, -0.1) is 0 Å². The van der Waals surface area contributed by atoms with Gasteiger partial charge < -0.3 is 5.53 Å². The Hall–Kier alpha value is -3.38. The van der Waals surface area contributed by atoms with Gasteiger partial charge in [-0.2, -0.15) is 0 Å². The predicted octanol–water partition coefficient (Wildman–Crippen LogP) is 14.5. The third kappa shape index (κ3) is 12.6. The normalized spacial score (nSPS) is 12.9. The molecule has 0 N–H and O–H groups in total. The summed E-state index contributed by atoms with van der Waals surface area (Å²) in [5.41, 5.74) is 30.1. The van der Waals surface area contributed by atoms with E-state index in [4.69, 9.17) is 0 Å². The molecule has 0 amide bonds. The van der Waals surface area contributed by atoms with Gasteiger partial charge in [-0.3, -0.25) is 0 Å². The van der Waals surface area contributed by atoms with E-state index in [0.717, 1.165) is 49.1 Å². The minimum atomic E-state index is 0.562. The molecule has 0 aliphatic carbocycles. The molecular formula is C53H72N2Pd. The molecule has 1 aliphatic rings. The zero-order valence-electron chi connectivity index (χ0n) is 36.7. The van der Waals surface area contributed by atoms with Gasteiger partial charge in [0.05, 0.1) is 0 Å². The molecule has 0 unspecified atom stereocenters. The second kappa shape index (κ2) is 23.1. The van der Waals surface area contributed by atoms with Crippen LogP contribution in [0, 0.1) is 34.6 Å². The summed E-state index contributed by atoms with van der Waals surface area (Å²) < 4.78 is 4.42. The van der Waals surface area contributed by atoms with Crippen molar-refractivity contribution in [3.05, 3.63) is 145 Å². The molecular weight excluding hydrogens is 771 g/mol. The zero-order chi connectivity index (χ0) is 40.6. The molecule has 0 saturated heterocycles. The summed E-state index contributed by atoms with van der Waals surface area (Å²) in [6, 6.07) is 27.1. The fourth-order valence-electron chi connectivity index (χ4n) is 7.83. The maximum atomic E-state index is 12.0. The van der Waals surface area contributed by atoms with Crippen molar-refractivity contribution in [1.82, 2.24) is 0 Å². The van der Waals surface area contributed by atoms with Crippen LogP contribution in [-0.2, 0) is 37.2 Å². The number of hydrogen-bond donors (Lipinski definition) is 0. The fraction of sp³-hybridized carbons (Fsp3) is 0.472. The van der Waals surface area contributed by atoms with Gasteiger partial charge >= 0.3 is 99.6 Å². The van der Waals surface area contributed by atoms with Crippen LogP contribution in [0.2, 0.25) is 0 Å². The average molecular weight is 844 g/mol. The van der Waals surface area contributed by atoms with Crippen molar-refractivity contribution in [2.45, 2.75) is 166 Å². The third-order valence-electron chi connectivity index (χ3n) is 11.5. The van der Waals surface area contributed by atoms with E-state index >= 15 is 0 Å². The van der Waals surface area contributed by atoms with Gasteiger partial charge in [0, 0.05) is 22.3 Å². The molecule has 1 heterocycles. The average Bonchev–Trinajstić information content (AvgIpc) is 3.43. The Kier molecular flexibility index (Phi) is 18.7. The molecule has 4 aromatic carbocycles. The van der Waals surface area contributed by atoms with Crippen LogP contribution in [0.15, 0.2) is 83.9 Å². The SMILES string of the molecule is CCCCCc1cc(C2=C(CCCC)C(C)=C(c3cc(C)c(C)c(C)c3)[N+]2=[N-])cc(CCCCC)c1CCCCC.Cc1cc[c]([Pd][c]2ccc(C)cc2)cc1. The summed E-state index contributed by atoms with van der Waals surface area (Å²) in [4.78, 5) is 0. The Morgan fingerprint density at radius 1 is 0.482 bits per heavy atom. The van der Waals surface area contributed by atoms with Crippen LogP contribution in [0.1, 0.15) is 167 Å². The van der Waals surface area contributed by atoms with Crippen molar-refractivity contribution < 1.29 is 22.7 Å². The van der Waals surface area contributed by atoms with Crippen LogP contribution in [0.4, 0.5) is 0 Å². The molecule has 2 nitrogen and oxygen atoms in total. The summed E-state index contributed by atoms with van der Waals surface area (Å²) in [7, 11) is 0. The molecule has 0 aromatic heterocycles. The van der Waals surface area contributed by atoms with Gasteiger partial charge in [0.15, 0.2) is 0 Å². The molecule has 0 radical (unpaired) electrons. The summed E-state index contributed by atoms with van der Waals surface area (Å²) in [6.45, 7) is 22.2. The Morgan fingerprint density at radius 3 is 1.36 bits per heavy atom. The number of aryl methyl sites for hydroxylation is 6. The first-order valence-electron chi connectivity index (χ1n) is 21.9. The van der Waals surface area contributed by atoms with E-state index < -0.39 is 0 Å². The topological polar surface area (TPSA) is 25.3 Å². The van der Waals surface area contributed by atoms with Crippen LogP contribution in [0.25, 0.3) is 16.9 Å². The Bertz CT molecular complexity index is 1840. The number of nitrogens with zero attached hydrogens (tertiary/aromatic N) is 2. The standard InChI is InChI=1S/C39H58N2.2C7H7.Pd/c1-9-13-17-20-32-26-35(27-33(21-18-14-10-2)37(32)23-19-15-11-3)39-36(22-16-12-4)31(8)38(41(39)40)34-24-28(5)30(7)29(6)25-34;2*1-7-5-3-2-4-6-7;/h24-27H,9-23H2,1-8H3;2*3-6H,1H3;. The second-order valence-electron chi connectivity index (χ2n) is 16.2. The van der Waals surface area contributed by atoms with E-state index in [2.05, 4.69) is 142 Å². The van der Waals surface area contributed by atoms with Gasteiger partial charge in [-0.1, -0.05) is 72.6 Å². The van der Waals surface area contributed by atoms with E-state index in [9.17, 15) is 5.53 Å². The monoisotopic (exact) mass is 842 g/mol. The molecule has 5 rings (SSSR count). The Morgan fingerprint density at radius 2 is 0.911 bits per heavy atom. The van der Waals surface area contributed by atoms with E-state index in [1.165, 1.54) is 128 Å². The number of rotatable bonds is 19. The van der Waals surface area contributed by atoms with Crippen molar-refractivity contribution in [2.24, 2.45) is 0 Å². The fourth-order valence-corrected chi connectivity index (χ4v) is 9.38. The van der Waals surface area contributed by atoms with Crippen molar-refractivity contribution in [1.29, 1.82) is 0 Å². The van der Waals surface area contributed by atoms with Crippen LogP contribution in [0.3, 0.4) is 0 Å². The van der Waals surface area contributed by atoms with Crippen LogP contribution in [0.5, 0.6) is 0 Å². The molecule has 0 spiro atoms. The van der Waals surface area contributed by atoms with Gasteiger partial charge in [0.25, 0.3) is 0 Å². The number of hydrogen-bond acceptors (Lipinski definition) is 0. The molecule has 0 saturated carbocycles. The van der Waals surface area contributed by atoms with Gasteiger partial charge in [0.1, 0.15) is 0 Å². The van der Waals surface area contributed by atoms with Gasteiger partial charge in [-0.05, 0) is 137 Å². The third-order valence-corrected chi connectivity index (χ3v) is 13.4. The van der Waals surface area contributed by atoms with Gasteiger partial charge in [-0.25, -0.2) is 4.70 Å². The van der Waals surface area contributed by atoms with Crippen molar-refractivity contribution in [2.75, 3.05) is 0 Å². The number of unbranched alkanes of at least 4 members (excludes halogenated alkanes) is 7. The number of benzene rings is 4. The first-order chi connectivity index (χ1) is 27.0. The molecule has 304 valence electrons. The summed E-state index contributed by atoms with van der Waals surface area (Å²) in [5, 5.41) is 0. The number of allylic oxidation sites excluding steroid dienone is 2. The summed E-state index contributed by atoms with van der Waals surface area (Å²) in [5.74, 6) is 0. The summed E-state index contributed by atoms with van der Waals surface area (Å²) >= 11 is 0.562. The minimum absolute atomic E-state index is 0.562. The van der Waals surface area contributed by atoms with Gasteiger partial charge in [0.2, 0.25) is 11.4 Å². The molecule has 3 heteroatoms. The predicted molar refractivity (Wildman–Crippen MR) is 241 cm³/mol. The molecule has 1 aliphatic heterocycles. The molecule has 4 aromatic rings. The van der Waals surface area contributed by atoms with Crippen LogP contribution < -0.4 is 8.07 Å². The van der Waals surface area contributed by atoms with E-state index in [0.29, 0.717) is 18.0 Å². The molecule has 0 bridgehead atoms. The zero-order valence-corrected chi connectivity index (χ0v) is 38.3. The first kappa shape index (κ1) is 45.3. The second-order valence-corrected chi connectivity index (χ2v) is 18.4. The van der Waals surface area contributed by atoms with E-state index in [-0.39, 0.29) is 0 Å². The maximum absolute atomic E-state index is 12.0. The van der Waals surface area contributed by atoms with Crippen molar-refractivity contribution in [3.63, 3.8) is 0 Å². The van der Waals surface area contributed by atoms with Crippen LogP contribution in [-0.4, -0.2) is 4.70 Å². The van der Waals surface area contributed by atoms with E-state index in [1.807, 2.05) is 0 Å². The molecule has 56 heavy (non-hydrogen) atoms. The first-order valence-corrected chi connectivity index (χ1v) is 23.5. The van der Waals surface area contributed by atoms with Crippen molar-refractivity contribution in [3.8, 4) is 0 Å². The Labute approximate surface area is 351 Å². The Balaban J connectivity index is 0.000000384. The van der Waals surface area contributed by atoms with Crippen LogP contribution >= 0.6 is 0 Å². The van der Waals surface area contributed by atoms with Crippen molar-refractivity contribution >= 4 is 19.5 Å². The molecule has 0 fully saturated rings. The summed E-state index contributed by atoms with van der Waals surface area (Å²) in [6.07, 6.45) is 18.1.